The number of hydrogen-bond acceptors (Lipinski definition) is 11. The molecule has 0 aliphatic carbocycles. The van der Waals surface area contributed by atoms with Crippen molar-refractivity contribution in [3.05, 3.63) is 52.8 Å². The molecule has 4 aromatic heterocycles. The topological polar surface area (TPSA) is 146 Å². The van der Waals surface area contributed by atoms with Crippen LogP contribution in [-0.4, -0.2) is 62.3 Å². The second-order valence-corrected chi connectivity index (χ2v) is 10.3. The standard InChI is InChI=1S/C22H24N6O6S2/c1-13-21(35-22(23-2)26-13)36(30,31)27-16-9-15(10-25-19(16)33-4)14-5-6-18-24-11-17(34-8-7-32-3)20(29)28(18)12-14/h5-6,9-12,27H,7-8H2,1-4H3,(H,23,26). The molecule has 190 valence electrons. The lowest BCUT2D eigenvalue weighted by Crippen LogP contribution is -2.19. The molecule has 0 atom stereocenters. The zero-order valence-electron chi connectivity index (χ0n) is 19.9. The molecular formula is C22H24N6O6S2. The van der Waals surface area contributed by atoms with Gasteiger partial charge in [-0.3, -0.25) is 13.9 Å². The lowest BCUT2D eigenvalue weighted by molar-refractivity contribution is 0.145. The van der Waals surface area contributed by atoms with Crippen molar-refractivity contribution in [2.24, 2.45) is 0 Å². The Kier molecular flexibility index (Phi) is 7.37. The molecule has 0 aliphatic rings. The number of ether oxygens (including phenoxy) is 3. The molecule has 14 heteroatoms. The summed E-state index contributed by atoms with van der Waals surface area (Å²) >= 11 is 1.01. The van der Waals surface area contributed by atoms with Crippen molar-refractivity contribution in [3.63, 3.8) is 0 Å². The summed E-state index contributed by atoms with van der Waals surface area (Å²) in [4.78, 5) is 25.6. The number of methoxy groups -OCH3 is 2. The predicted molar refractivity (Wildman–Crippen MR) is 136 cm³/mol. The van der Waals surface area contributed by atoms with Crippen molar-refractivity contribution in [2.75, 3.05) is 44.5 Å². The van der Waals surface area contributed by atoms with Gasteiger partial charge in [0.05, 0.1) is 25.6 Å². The Morgan fingerprint density at radius 2 is 1.92 bits per heavy atom. The van der Waals surface area contributed by atoms with E-state index in [1.165, 1.54) is 31.0 Å². The Hall–Kier alpha value is -3.75. The Morgan fingerprint density at radius 1 is 1.11 bits per heavy atom. The first-order valence-corrected chi connectivity index (χ1v) is 12.9. The van der Waals surface area contributed by atoms with E-state index in [0.717, 1.165) is 11.3 Å². The first kappa shape index (κ1) is 25.3. The summed E-state index contributed by atoms with van der Waals surface area (Å²) in [6.07, 6.45) is 4.48. The van der Waals surface area contributed by atoms with Gasteiger partial charge in [-0.25, -0.2) is 23.4 Å². The SMILES string of the molecule is CNc1nc(C)c(S(=O)(=O)Nc2cc(-c3ccc4ncc(OCCOC)c(=O)n4c3)cnc2OC)s1. The van der Waals surface area contributed by atoms with Crippen molar-refractivity contribution in [1.29, 1.82) is 0 Å². The van der Waals surface area contributed by atoms with Crippen molar-refractivity contribution >= 4 is 37.8 Å². The van der Waals surface area contributed by atoms with Crippen LogP contribution in [-0.2, 0) is 14.8 Å². The number of sulfonamides is 1. The van der Waals surface area contributed by atoms with Gasteiger partial charge in [0.25, 0.3) is 15.6 Å². The molecule has 2 N–H and O–H groups in total. The molecule has 0 saturated heterocycles. The maximum Gasteiger partial charge on any atom is 0.300 e. The highest BCUT2D eigenvalue weighted by molar-refractivity contribution is 7.94. The zero-order chi connectivity index (χ0) is 25.9. The summed E-state index contributed by atoms with van der Waals surface area (Å²) in [5.74, 6) is 0.177. The average Bonchev–Trinajstić information content (AvgIpc) is 3.27. The molecule has 0 spiro atoms. The molecule has 0 saturated carbocycles. The maximum absolute atomic E-state index is 13.1. The zero-order valence-corrected chi connectivity index (χ0v) is 21.6. The number of aryl methyl sites for hydroxylation is 1. The molecule has 4 heterocycles. The fraction of sp³-hybridized carbons (Fsp3) is 0.273. The fourth-order valence-corrected chi connectivity index (χ4v) is 5.76. The summed E-state index contributed by atoms with van der Waals surface area (Å²) in [5.41, 5.74) is 1.68. The molecule has 0 unspecified atom stereocenters. The molecule has 0 aromatic carbocycles. The van der Waals surface area contributed by atoms with E-state index in [0.29, 0.717) is 34.2 Å². The van der Waals surface area contributed by atoms with Gasteiger partial charge >= 0.3 is 0 Å². The van der Waals surface area contributed by atoms with Gasteiger partial charge in [0.15, 0.2) is 9.34 Å². The monoisotopic (exact) mass is 532 g/mol. The van der Waals surface area contributed by atoms with E-state index in [9.17, 15) is 13.2 Å². The highest BCUT2D eigenvalue weighted by atomic mass is 32.2. The van der Waals surface area contributed by atoms with Gasteiger partial charge in [-0.2, -0.15) is 0 Å². The number of thiazole rings is 1. The van der Waals surface area contributed by atoms with E-state index in [1.54, 1.807) is 38.4 Å². The molecular weight excluding hydrogens is 508 g/mol. The van der Waals surface area contributed by atoms with E-state index >= 15 is 0 Å². The summed E-state index contributed by atoms with van der Waals surface area (Å²) in [6, 6.07) is 5.00. The second-order valence-electron chi connectivity index (χ2n) is 7.44. The normalized spacial score (nSPS) is 11.4. The lowest BCUT2D eigenvalue weighted by atomic mass is 10.1. The fourth-order valence-electron chi connectivity index (χ4n) is 3.34. The van der Waals surface area contributed by atoms with Crippen molar-refractivity contribution in [3.8, 4) is 22.8 Å². The number of anilines is 2. The van der Waals surface area contributed by atoms with Crippen LogP contribution < -0.4 is 25.1 Å². The number of nitrogens with one attached hydrogen (secondary N) is 2. The third-order valence-corrected chi connectivity index (χ3v) is 8.20. The Bertz CT molecular complexity index is 1570. The summed E-state index contributed by atoms with van der Waals surface area (Å²) in [6.45, 7) is 2.15. The number of hydrogen-bond donors (Lipinski definition) is 2. The van der Waals surface area contributed by atoms with Crippen LogP contribution in [0, 0.1) is 6.92 Å². The number of aromatic nitrogens is 4. The van der Waals surface area contributed by atoms with Crippen LogP contribution in [0.5, 0.6) is 11.6 Å². The van der Waals surface area contributed by atoms with Crippen LogP contribution in [0.1, 0.15) is 5.69 Å². The number of nitrogens with zero attached hydrogens (tertiary/aromatic N) is 4. The van der Waals surface area contributed by atoms with Gasteiger partial charge in [0, 0.05) is 37.7 Å². The van der Waals surface area contributed by atoms with Crippen LogP contribution >= 0.6 is 11.3 Å². The molecule has 36 heavy (non-hydrogen) atoms. The molecule has 4 aromatic rings. The number of rotatable bonds is 10. The summed E-state index contributed by atoms with van der Waals surface area (Å²) in [7, 11) is 0.626. The minimum absolute atomic E-state index is 0.0728. The van der Waals surface area contributed by atoms with E-state index in [2.05, 4.69) is 25.0 Å². The van der Waals surface area contributed by atoms with Crippen molar-refractivity contribution < 1.29 is 22.6 Å². The van der Waals surface area contributed by atoms with Crippen molar-refractivity contribution in [2.45, 2.75) is 11.1 Å². The van der Waals surface area contributed by atoms with Gasteiger partial charge in [0.1, 0.15) is 17.9 Å². The highest BCUT2D eigenvalue weighted by Gasteiger charge is 2.24. The molecule has 0 radical (unpaired) electrons. The molecule has 4 rings (SSSR count). The smallest absolute Gasteiger partial charge is 0.300 e. The predicted octanol–water partition coefficient (Wildman–Crippen LogP) is 2.40. The Morgan fingerprint density at radius 3 is 2.61 bits per heavy atom. The number of fused-ring (bicyclic) bond motifs is 1. The minimum Gasteiger partial charge on any atom is -0.484 e. The van der Waals surface area contributed by atoms with E-state index in [-0.39, 0.29) is 33.7 Å². The van der Waals surface area contributed by atoms with Crippen molar-refractivity contribution in [1.82, 2.24) is 19.4 Å². The van der Waals surface area contributed by atoms with Crippen LogP contribution in [0.4, 0.5) is 10.8 Å². The molecule has 0 aliphatic heterocycles. The van der Waals surface area contributed by atoms with E-state index in [4.69, 9.17) is 14.2 Å². The third kappa shape index (κ3) is 5.10. The van der Waals surface area contributed by atoms with Crippen LogP contribution in [0.15, 0.2) is 45.8 Å². The largest absolute Gasteiger partial charge is 0.484 e. The highest BCUT2D eigenvalue weighted by Crippen LogP contribution is 2.33. The second kappa shape index (κ2) is 10.5. The van der Waals surface area contributed by atoms with E-state index < -0.39 is 10.0 Å². The van der Waals surface area contributed by atoms with E-state index in [1.807, 2.05) is 0 Å². The van der Waals surface area contributed by atoms with Crippen LogP contribution in [0.3, 0.4) is 0 Å². The van der Waals surface area contributed by atoms with Gasteiger partial charge in [-0.05, 0) is 25.1 Å². The van der Waals surface area contributed by atoms with Crippen LogP contribution in [0.25, 0.3) is 16.8 Å². The van der Waals surface area contributed by atoms with Gasteiger partial charge in [0.2, 0.25) is 11.6 Å². The minimum atomic E-state index is -3.97. The quantitative estimate of drug-likeness (QED) is 0.292. The molecule has 0 fully saturated rings. The van der Waals surface area contributed by atoms with Gasteiger partial charge in [-0.15, -0.1) is 0 Å². The summed E-state index contributed by atoms with van der Waals surface area (Å²) < 4.78 is 45.9. The Balaban J connectivity index is 1.72. The van der Waals surface area contributed by atoms with Gasteiger partial charge < -0.3 is 19.5 Å². The molecule has 0 bridgehead atoms. The van der Waals surface area contributed by atoms with Crippen LogP contribution in [0.2, 0.25) is 0 Å². The third-order valence-electron chi connectivity index (χ3n) is 5.05. The Labute approximate surface area is 211 Å². The van der Waals surface area contributed by atoms with Gasteiger partial charge in [-0.1, -0.05) is 11.3 Å². The average molecular weight is 533 g/mol. The first-order chi connectivity index (χ1) is 17.3. The molecule has 12 nitrogen and oxygen atoms in total. The number of pyridine rings is 2. The lowest BCUT2D eigenvalue weighted by Gasteiger charge is -2.13. The maximum atomic E-state index is 13.1. The summed E-state index contributed by atoms with van der Waals surface area (Å²) in [5, 5.41) is 3.32. The first-order valence-electron chi connectivity index (χ1n) is 10.6. The molecule has 0 amide bonds.